The summed E-state index contributed by atoms with van der Waals surface area (Å²) in [5.41, 5.74) is 4.73. The number of aliphatic imine (C=N–C) groups is 1. The van der Waals surface area contributed by atoms with Crippen molar-refractivity contribution in [2.24, 2.45) is 4.99 Å². The van der Waals surface area contributed by atoms with Crippen molar-refractivity contribution in [3.05, 3.63) is 94.4 Å². The third-order valence-electron chi connectivity index (χ3n) is 6.16. The molecular weight excluding hydrogens is 472 g/mol. The van der Waals surface area contributed by atoms with E-state index in [1.807, 2.05) is 79.1 Å². The van der Waals surface area contributed by atoms with E-state index in [0.717, 1.165) is 33.4 Å². The minimum Gasteiger partial charge on any atom is -0.467 e. The summed E-state index contributed by atoms with van der Waals surface area (Å²) in [5, 5.41) is 4.52. The molecule has 0 atom stereocenters. The van der Waals surface area contributed by atoms with Crippen molar-refractivity contribution in [3.8, 4) is 0 Å². The molecule has 0 radical (unpaired) electrons. The minimum atomic E-state index is -0.118. The van der Waals surface area contributed by atoms with Gasteiger partial charge in [0.25, 0.3) is 5.91 Å². The maximum Gasteiger partial charge on any atom is 0.266 e. The molecule has 1 N–H and O–H groups in total. The molecule has 1 fully saturated rings. The van der Waals surface area contributed by atoms with Gasteiger partial charge in [0.2, 0.25) is 5.91 Å². The highest BCUT2D eigenvalue weighted by Gasteiger charge is 2.31. The van der Waals surface area contributed by atoms with E-state index >= 15 is 0 Å². The molecule has 0 saturated carbocycles. The van der Waals surface area contributed by atoms with Crippen molar-refractivity contribution in [3.63, 3.8) is 0 Å². The zero-order valence-electron chi connectivity index (χ0n) is 20.3. The number of benzene rings is 2. The van der Waals surface area contributed by atoms with Crippen molar-refractivity contribution in [2.75, 3.05) is 7.05 Å². The lowest BCUT2D eigenvalue weighted by Crippen LogP contribution is -2.27. The first-order valence-corrected chi connectivity index (χ1v) is 12.4. The van der Waals surface area contributed by atoms with Gasteiger partial charge in [0.05, 0.1) is 23.4 Å². The Kier molecular flexibility index (Phi) is 6.52. The molecule has 4 aromatic rings. The van der Waals surface area contributed by atoms with E-state index in [9.17, 15) is 9.59 Å². The summed E-state index contributed by atoms with van der Waals surface area (Å²) >= 11 is 1.36. The fourth-order valence-corrected chi connectivity index (χ4v) is 5.12. The number of hydrogen-bond donors (Lipinski definition) is 1. The van der Waals surface area contributed by atoms with Crippen LogP contribution < -0.4 is 5.32 Å². The summed E-state index contributed by atoms with van der Waals surface area (Å²) in [6, 6.07) is 19.4. The van der Waals surface area contributed by atoms with Gasteiger partial charge in [-0.2, -0.15) is 0 Å². The van der Waals surface area contributed by atoms with E-state index in [4.69, 9.17) is 4.42 Å². The molecular formula is C28H26N4O3S. The SMILES string of the molecule is Cc1ccc(N=C2SC(=Cc3c(C)n(CC(=O)NCc4ccco4)c4ccccc34)C(=O)N2C)cc1. The van der Waals surface area contributed by atoms with Crippen molar-refractivity contribution >= 4 is 51.4 Å². The number of furan rings is 1. The number of likely N-dealkylation sites (N-methyl/N-ethyl adjacent to an activating group) is 1. The summed E-state index contributed by atoms with van der Waals surface area (Å²) in [7, 11) is 1.74. The summed E-state index contributed by atoms with van der Waals surface area (Å²) in [6.45, 7) is 4.50. The number of carbonyl (C=O) groups is 2. The fraction of sp³-hybridized carbons (Fsp3) is 0.179. The fourth-order valence-electron chi connectivity index (χ4n) is 4.15. The number of carbonyl (C=O) groups excluding carboxylic acids is 2. The van der Waals surface area contributed by atoms with Crippen LogP contribution in [0.3, 0.4) is 0 Å². The lowest BCUT2D eigenvalue weighted by Gasteiger charge is -2.09. The summed E-state index contributed by atoms with van der Waals surface area (Å²) in [4.78, 5) is 32.6. The van der Waals surface area contributed by atoms with Crippen LogP contribution in [0.4, 0.5) is 5.69 Å². The molecule has 2 amide bonds. The van der Waals surface area contributed by atoms with Gasteiger partial charge in [-0.05, 0) is 62.0 Å². The number of aromatic nitrogens is 1. The molecule has 2 aromatic carbocycles. The molecule has 8 heteroatoms. The minimum absolute atomic E-state index is 0.0988. The van der Waals surface area contributed by atoms with Crippen molar-refractivity contribution in [1.82, 2.24) is 14.8 Å². The lowest BCUT2D eigenvalue weighted by molar-refractivity contribution is -0.122. The highest BCUT2D eigenvalue weighted by atomic mass is 32.2. The molecule has 7 nitrogen and oxygen atoms in total. The molecule has 1 aliphatic rings. The van der Waals surface area contributed by atoms with Gasteiger partial charge >= 0.3 is 0 Å². The smallest absolute Gasteiger partial charge is 0.266 e. The Morgan fingerprint density at radius 3 is 2.61 bits per heavy atom. The van der Waals surface area contributed by atoms with E-state index in [2.05, 4.69) is 10.3 Å². The quantitative estimate of drug-likeness (QED) is 0.361. The standard InChI is InChI=1S/C28H26N4O3S/c1-18-10-12-20(13-11-18)30-28-31(3)27(34)25(36-28)15-23-19(2)32(24-9-5-4-8-22(23)24)17-26(33)29-16-21-7-6-14-35-21/h4-15H,16-17H2,1-3H3,(H,29,33). The number of amides is 2. The molecule has 182 valence electrons. The Morgan fingerprint density at radius 1 is 1.08 bits per heavy atom. The molecule has 0 aliphatic carbocycles. The highest BCUT2D eigenvalue weighted by molar-refractivity contribution is 8.18. The molecule has 0 spiro atoms. The number of rotatable bonds is 6. The van der Waals surface area contributed by atoms with Crippen molar-refractivity contribution < 1.29 is 14.0 Å². The van der Waals surface area contributed by atoms with E-state index in [1.54, 1.807) is 24.3 Å². The predicted octanol–water partition coefficient (Wildman–Crippen LogP) is 5.40. The topological polar surface area (TPSA) is 79.8 Å². The van der Waals surface area contributed by atoms with Crippen LogP contribution in [0.5, 0.6) is 0 Å². The zero-order chi connectivity index (χ0) is 25.2. The van der Waals surface area contributed by atoms with Crippen molar-refractivity contribution in [1.29, 1.82) is 0 Å². The second kappa shape index (κ2) is 9.91. The van der Waals surface area contributed by atoms with Crippen LogP contribution in [0.15, 0.2) is 81.2 Å². The van der Waals surface area contributed by atoms with Crippen LogP contribution in [0.25, 0.3) is 17.0 Å². The molecule has 0 bridgehead atoms. The van der Waals surface area contributed by atoms with E-state index in [-0.39, 0.29) is 18.4 Å². The molecule has 3 heterocycles. The number of nitrogens with zero attached hydrogens (tertiary/aromatic N) is 3. The third kappa shape index (κ3) is 4.72. The number of aryl methyl sites for hydroxylation is 1. The molecule has 1 saturated heterocycles. The van der Waals surface area contributed by atoms with Crippen LogP contribution in [-0.2, 0) is 22.7 Å². The zero-order valence-corrected chi connectivity index (χ0v) is 21.1. The normalized spacial score (nSPS) is 16.0. The van der Waals surface area contributed by atoms with Crippen LogP contribution in [0, 0.1) is 13.8 Å². The molecule has 36 heavy (non-hydrogen) atoms. The predicted molar refractivity (Wildman–Crippen MR) is 144 cm³/mol. The third-order valence-corrected chi connectivity index (χ3v) is 7.22. The highest BCUT2D eigenvalue weighted by Crippen LogP contribution is 2.36. The number of hydrogen-bond acceptors (Lipinski definition) is 5. The molecule has 1 aliphatic heterocycles. The Bertz CT molecular complexity index is 1500. The van der Waals surface area contributed by atoms with Gasteiger partial charge < -0.3 is 14.3 Å². The van der Waals surface area contributed by atoms with Gasteiger partial charge in [-0.1, -0.05) is 35.9 Å². The number of para-hydroxylation sites is 1. The number of fused-ring (bicyclic) bond motifs is 1. The van der Waals surface area contributed by atoms with E-state index in [1.165, 1.54) is 11.8 Å². The van der Waals surface area contributed by atoms with Crippen molar-refractivity contribution in [2.45, 2.75) is 26.9 Å². The van der Waals surface area contributed by atoms with Crippen LogP contribution in [0.2, 0.25) is 0 Å². The Hall–Kier alpha value is -4.04. The molecule has 5 rings (SSSR count). The van der Waals surface area contributed by atoms with Crippen LogP contribution in [0.1, 0.15) is 22.6 Å². The first kappa shape index (κ1) is 23.7. The average Bonchev–Trinajstić information content (AvgIpc) is 3.56. The summed E-state index contributed by atoms with van der Waals surface area (Å²) in [5.74, 6) is 0.484. The van der Waals surface area contributed by atoms with Gasteiger partial charge in [0, 0.05) is 29.2 Å². The van der Waals surface area contributed by atoms with Gasteiger partial charge in [0.1, 0.15) is 12.3 Å². The van der Waals surface area contributed by atoms with Gasteiger partial charge in [-0.3, -0.25) is 14.5 Å². The largest absolute Gasteiger partial charge is 0.467 e. The van der Waals surface area contributed by atoms with Gasteiger partial charge in [0.15, 0.2) is 5.17 Å². The Labute approximate surface area is 213 Å². The maximum atomic E-state index is 13.1. The summed E-state index contributed by atoms with van der Waals surface area (Å²) in [6.07, 6.45) is 3.50. The average molecular weight is 499 g/mol. The first-order valence-electron chi connectivity index (χ1n) is 11.6. The summed E-state index contributed by atoms with van der Waals surface area (Å²) < 4.78 is 7.28. The lowest BCUT2D eigenvalue weighted by atomic mass is 10.1. The van der Waals surface area contributed by atoms with E-state index < -0.39 is 0 Å². The second-order valence-corrected chi connectivity index (χ2v) is 9.67. The monoisotopic (exact) mass is 498 g/mol. The van der Waals surface area contributed by atoms with Crippen LogP contribution in [-0.4, -0.2) is 33.5 Å². The van der Waals surface area contributed by atoms with E-state index in [0.29, 0.717) is 22.4 Å². The first-order chi connectivity index (χ1) is 17.4. The maximum absolute atomic E-state index is 13.1. The Morgan fingerprint density at radius 2 is 1.86 bits per heavy atom. The molecule has 0 unspecified atom stereocenters. The molecule has 2 aromatic heterocycles. The Balaban J connectivity index is 1.44. The number of thioether (sulfide) groups is 1. The second-order valence-electron chi connectivity index (χ2n) is 8.66. The van der Waals surface area contributed by atoms with Gasteiger partial charge in [-0.25, -0.2) is 4.99 Å². The van der Waals surface area contributed by atoms with Crippen LogP contribution >= 0.6 is 11.8 Å². The van der Waals surface area contributed by atoms with Gasteiger partial charge in [-0.15, -0.1) is 0 Å². The number of amidine groups is 1. The number of nitrogens with one attached hydrogen (secondary N) is 1.